The van der Waals surface area contributed by atoms with E-state index in [1.54, 1.807) is 18.3 Å². The van der Waals surface area contributed by atoms with Gasteiger partial charge in [-0.05, 0) is 48.4 Å². The van der Waals surface area contributed by atoms with E-state index in [0.29, 0.717) is 5.69 Å². The molecule has 4 heterocycles. The molecule has 1 aliphatic rings. The van der Waals surface area contributed by atoms with Crippen molar-refractivity contribution in [2.45, 2.75) is 52.1 Å². The smallest absolute Gasteiger partial charge is 0.278 e. The van der Waals surface area contributed by atoms with Crippen molar-refractivity contribution in [3.8, 4) is 5.69 Å². The first-order valence-corrected chi connectivity index (χ1v) is 11.5. The van der Waals surface area contributed by atoms with E-state index in [1.165, 1.54) is 22.0 Å². The van der Waals surface area contributed by atoms with E-state index in [0.717, 1.165) is 35.6 Å². The molecule has 182 valence electrons. The first-order valence-electron chi connectivity index (χ1n) is 11.5. The predicted octanol–water partition coefficient (Wildman–Crippen LogP) is 3.93. The Kier molecular flexibility index (Phi) is 5.84. The zero-order valence-corrected chi connectivity index (χ0v) is 19.8. The highest BCUT2D eigenvalue weighted by atomic mass is 19.3. The van der Waals surface area contributed by atoms with Crippen LogP contribution in [-0.4, -0.2) is 37.3 Å². The van der Waals surface area contributed by atoms with Gasteiger partial charge in [0, 0.05) is 35.7 Å². The number of halogens is 2. The lowest BCUT2D eigenvalue weighted by Gasteiger charge is -2.19. The number of rotatable bonds is 5. The van der Waals surface area contributed by atoms with Crippen molar-refractivity contribution in [1.82, 2.24) is 29.6 Å². The third-order valence-corrected chi connectivity index (χ3v) is 6.09. The quantitative estimate of drug-likeness (QED) is 0.451. The van der Waals surface area contributed by atoms with E-state index in [9.17, 15) is 13.6 Å². The Labute approximate surface area is 201 Å². The number of nitrogens with zero attached hydrogens (tertiary/aromatic N) is 5. The summed E-state index contributed by atoms with van der Waals surface area (Å²) < 4.78 is 29.4. The van der Waals surface area contributed by atoms with Gasteiger partial charge in [-0.15, -0.1) is 0 Å². The van der Waals surface area contributed by atoms with E-state index < -0.39 is 18.5 Å². The molecule has 4 aromatic rings. The summed E-state index contributed by atoms with van der Waals surface area (Å²) in [7, 11) is 0. The van der Waals surface area contributed by atoms with Crippen molar-refractivity contribution in [2.24, 2.45) is 0 Å². The molecule has 10 heteroatoms. The Morgan fingerprint density at radius 2 is 1.97 bits per heavy atom. The van der Waals surface area contributed by atoms with Crippen LogP contribution in [0, 0.1) is 0 Å². The van der Waals surface area contributed by atoms with Crippen LogP contribution >= 0.6 is 0 Å². The van der Waals surface area contributed by atoms with Crippen LogP contribution in [0.15, 0.2) is 47.5 Å². The van der Waals surface area contributed by atoms with Crippen molar-refractivity contribution in [2.75, 3.05) is 11.9 Å². The molecule has 8 nitrogen and oxygen atoms in total. The van der Waals surface area contributed by atoms with Crippen molar-refractivity contribution in [3.63, 3.8) is 0 Å². The number of aromatic nitrogens is 5. The van der Waals surface area contributed by atoms with Crippen LogP contribution in [-0.2, 0) is 24.9 Å². The van der Waals surface area contributed by atoms with Crippen LogP contribution in [0.1, 0.15) is 37.6 Å². The second-order valence-electron chi connectivity index (χ2n) is 9.71. The van der Waals surface area contributed by atoms with Gasteiger partial charge in [0.2, 0.25) is 5.95 Å². The number of benzene rings is 1. The van der Waals surface area contributed by atoms with Gasteiger partial charge in [0.05, 0.1) is 5.69 Å². The lowest BCUT2D eigenvalue weighted by molar-refractivity contribution is 0.118. The number of nitrogens with one attached hydrogen (secondary N) is 2. The van der Waals surface area contributed by atoms with Crippen molar-refractivity contribution < 1.29 is 8.78 Å². The summed E-state index contributed by atoms with van der Waals surface area (Å²) in [4.78, 5) is 26.4. The molecule has 5 rings (SSSR count). The average molecular weight is 480 g/mol. The molecule has 1 aromatic carbocycles. The average Bonchev–Trinajstić information content (AvgIpc) is 3.09. The van der Waals surface area contributed by atoms with E-state index in [1.807, 2.05) is 26.8 Å². The first kappa shape index (κ1) is 23.1. The molecule has 1 aliphatic heterocycles. The van der Waals surface area contributed by atoms with E-state index >= 15 is 0 Å². The molecule has 0 fully saturated rings. The van der Waals surface area contributed by atoms with Gasteiger partial charge in [-0.2, -0.15) is 4.98 Å². The minimum Gasteiger partial charge on any atom is -0.324 e. The van der Waals surface area contributed by atoms with Crippen molar-refractivity contribution in [3.05, 3.63) is 69.9 Å². The molecule has 0 radical (unpaired) electrons. The maximum absolute atomic E-state index is 13.5. The Hall–Kier alpha value is -3.66. The monoisotopic (exact) mass is 479 g/mol. The first-order chi connectivity index (χ1) is 16.7. The molecule has 2 N–H and O–H groups in total. The topological polar surface area (TPSA) is 89.7 Å². The highest BCUT2D eigenvalue weighted by Gasteiger charge is 2.22. The Balaban J connectivity index is 1.62. The van der Waals surface area contributed by atoms with Gasteiger partial charge in [0.25, 0.3) is 12.0 Å². The Morgan fingerprint density at radius 3 is 2.74 bits per heavy atom. The SMILES string of the molecule is CC(C)(C)c1cc(-n2c3nc(Nc4ccc5c(c4)CCNC5)ncc3c(=O)n2CC(F)F)ccn1. The molecular weight excluding hydrogens is 452 g/mol. The Morgan fingerprint density at radius 1 is 1.14 bits per heavy atom. The number of hydrogen-bond donors (Lipinski definition) is 2. The van der Waals surface area contributed by atoms with Crippen LogP contribution in [0.25, 0.3) is 16.7 Å². The van der Waals surface area contributed by atoms with Crippen LogP contribution in [0.3, 0.4) is 0 Å². The fourth-order valence-corrected chi connectivity index (χ4v) is 4.29. The standard InChI is InChI=1S/C25H27F2N7O/c1-25(2,3)20-11-18(7-9-29-20)34-22-19(23(35)33(34)14-21(26)27)13-30-24(32-22)31-17-5-4-16-12-28-8-6-15(16)10-17/h4-5,7,9-11,13,21,28H,6,8,12,14H2,1-3H3,(H,30,31,32). The molecule has 0 saturated heterocycles. The number of anilines is 2. The molecule has 0 amide bonds. The van der Waals surface area contributed by atoms with Gasteiger partial charge in [0.15, 0.2) is 5.65 Å². The van der Waals surface area contributed by atoms with Gasteiger partial charge < -0.3 is 10.6 Å². The zero-order valence-electron chi connectivity index (χ0n) is 19.8. The molecule has 0 saturated carbocycles. The van der Waals surface area contributed by atoms with Crippen LogP contribution in [0.2, 0.25) is 0 Å². The molecule has 35 heavy (non-hydrogen) atoms. The predicted molar refractivity (Wildman–Crippen MR) is 131 cm³/mol. The number of pyridine rings is 1. The lowest BCUT2D eigenvalue weighted by Crippen LogP contribution is -2.26. The summed E-state index contributed by atoms with van der Waals surface area (Å²) in [5.74, 6) is 0.277. The second-order valence-corrected chi connectivity index (χ2v) is 9.71. The minimum atomic E-state index is -2.71. The molecule has 0 aliphatic carbocycles. The van der Waals surface area contributed by atoms with Gasteiger partial charge >= 0.3 is 0 Å². The number of hydrogen-bond acceptors (Lipinski definition) is 6. The summed E-state index contributed by atoms with van der Waals surface area (Å²) >= 11 is 0. The fraction of sp³-hybridized carbons (Fsp3) is 0.360. The third-order valence-electron chi connectivity index (χ3n) is 6.09. The highest BCUT2D eigenvalue weighted by molar-refractivity contribution is 5.77. The molecular formula is C25H27F2N7O. The number of alkyl halides is 2. The molecule has 0 spiro atoms. The minimum absolute atomic E-state index is 0.168. The van der Waals surface area contributed by atoms with Gasteiger partial charge in [-0.25, -0.2) is 23.1 Å². The summed E-state index contributed by atoms with van der Waals surface area (Å²) in [5.41, 5.74) is 4.04. The highest BCUT2D eigenvalue weighted by Crippen LogP contribution is 2.25. The van der Waals surface area contributed by atoms with E-state index in [-0.39, 0.29) is 22.4 Å². The van der Waals surface area contributed by atoms with Crippen molar-refractivity contribution >= 4 is 22.7 Å². The summed E-state index contributed by atoms with van der Waals surface area (Å²) in [6.45, 7) is 7.04. The van der Waals surface area contributed by atoms with E-state index in [4.69, 9.17) is 0 Å². The zero-order chi connectivity index (χ0) is 24.7. The summed E-state index contributed by atoms with van der Waals surface area (Å²) in [6.07, 6.45) is 1.22. The normalized spacial score (nSPS) is 13.9. The van der Waals surface area contributed by atoms with Crippen LogP contribution in [0.4, 0.5) is 20.4 Å². The Bertz CT molecular complexity index is 1450. The summed E-state index contributed by atoms with van der Waals surface area (Å²) in [6, 6.07) is 9.56. The molecule has 3 aromatic heterocycles. The molecule has 0 atom stereocenters. The third kappa shape index (κ3) is 4.53. The molecule has 0 bridgehead atoms. The second kappa shape index (κ2) is 8.84. The lowest BCUT2D eigenvalue weighted by atomic mass is 9.91. The van der Waals surface area contributed by atoms with Crippen LogP contribution in [0.5, 0.6) is 0 Å². The summed E-state index contributed by atoms with van der Waals surface area (Å²) in [5, 5.41) is 6.72. The van der Waals surface area contributed by atoms with E-state index in [2.05, 4.69) is 37.7 Å². The maximum Gasteiger partial charge on any atom is 0.278 e. The van der Waals surface area contributed by atoms with Crippen molar-refractivity contribution in [1.29, 1.82) is 0 Å². The largest absolute Gasteiger partial charge is 0.324 e. The van der Waals surface area contributed by atoms with Gasteiger partial charge in [-0.3, -0.25) is 9.78 Å². The van der Waals surface area contributed by atoms with Crippen LogP contribution < -0.4 is 16.2 Å². The maximum atomic E-state index is 13.5. The molecule has 0 unspecified atom stereocenters. The fourth-order valence-electron chi connectivity index (χ4n) is 4.29. The van der Waals surface area contributed by atoms with Gasteiger partial charge in [0.1, 0.15) is 11.9 Å². The van der Waals surface area contributed by atoms with Gasteiger partial charge in [-0.1, -0.05) is 26.8 Å². The number of fused-ring (bicyclic) bond motifs is 2.